The molecule has 3 heterocycles. The molecule has 7 heteroatoms. The molecule has 3 aromatic heterocycles. The van der Waals surface area contributed by atoms with Crippen molar-refractivity contribution in [2.45, 2.75) is 51.9 Å². The molecule has 120 valence electrons. The second kappa shape index (κ2) is 5.26. The number of rotatable bonds is 3. The molecule has 0 saturated heterocycles. The summed E-state index contributed by atoms with van der Waals surface area (Å²) in [6, 6.07) is 0. The van der Waals surface area contributed by atoms with Crippen LogP contribution < -0.4 is 0 Å². The van der Waals surface area contributed by atoms with Gasteiger partial charge in [-0.15, -0.1) is 16.4 Å². The molecule has 1 aliphatic rings. The van der Waals surface area contributed by atoms with Gasteiger partial charge in [-0.05, 0) is 37.7 Å². The van der Waals surface area contributed by atoms with Crippen molar-refractivity contribution in [3.05, 3.63) is 22.1 Å². The van der Waals surface area contributed by atoms with Crippen LogP contribution in [0.5, 0.6) is 0 Å². The Hall–Kier alpha value is -2.02. The molecule has 0 unspecified atom stereocenters. The van der Waals surface area contributed by atoms with E-state index in [-0.39, 0.29) is 6.42 Å². The molecule has 3 aromatic rings. The van der Waals surface area contributed by atoms with Gasteiger partial charge in [-0.3, -0.25) is 4.79 Å². The van der Waals surface area contributed by atoms with Gasteiger partial charge >= 0.3 is 5.97 Å². The minimum atomic E-state index is -0.828. The Bertz CT molecular complexity index is 927. The van der Waals surface area contributed by atoms with Crippen molar-refractivity contribution in [1.29, 1.82) is 0 Å². The summed E-state index contributed by atoms with van der Waals surface area (Å²) in [6.07, 6.45) is 3.93. The molecule has 6 nitrogen and oxygen atoms in total. The molecule has 0 aromatic carbocycles. The molecule has 4 rings (SSSR count). The molecule has 0 radical (unpaired) electrons. The molecule has 1 aliphatic carbocycles. The van der Waals surface area contributed by atoms with Crippen LogP contribution in [-0.2, 0) is 17.6 Å². The Morgan fingerprint density at radius 2 is 2.26 bits per heavy atom. The SMILES string of the molecule is Cc1nc2sc3c(c2c2nc(CCC(=O)O)nn12)[C@H](C)CCC3. The lowest BCUT2D eigenvalue weighted by Gasteiger charge is -2.18. The van der Waals surface area contributed by atoms with E-state index in [1.54, 1.807) is 15.9 Å². The van der Waals surface area contributed by atoms with Crippen LogP contribution in [0.25, 0.3) is 15.9 Å². The van der Waals surface area contributed by atoms with Crippen molar-refractivity contribution >= 4 is 33.2 Å². The first-order chi connectivity index (χ1) is 11.0. The summed E-state index contributed by atoms with van der Waals surface area (Å²) in [5.74, 6) is 1.06. The van der Waals surface area contributed by atoms with Crippen LogP contribution in [0.15, 0.2) is 0 Å². The van der Waals surface area contributed by atoms with Gasteiger partial charge in [-0.25, -0.2) is 9.97 Å². The summed E-state index contributed by atoms with van der Waals surface area (Å²) in [5, 5.41) is 14.5. The summed E-state index contributed by atoms with van der Waals surface area (Å²) in [4.78, 5) is 22.6. The number of aryl methyl sites for hydroxylation is 3. The lowest BCUT2D eigenvalue weighted by molar-refractivity contribution is -0.137. The molecule has 0 bridgehead atoms. The summed E-state index contributed by atoms with van der Waals surface area (Å²) < 4.78 is 1.77. The number of aromatic nitrogens is 4. The van der Waals surface area contributed by atoms with Crippen LogP contribution in [0.2, 0.25) is 0 Å². The molecule has 0 amide bonds. The minimum Gasteiger partial charge on any atom is -0.481 e. The van der Waals surface area contributed by atoms with E-state index in [4.69, 9.17) is 10.1 Å². The van der Waals surface area contributed by atoms with Gasteiger partial charge in [0.1, 0.15) is 10.7 Å². The van der Waals surface area contributed by atoms with Gasteiger partial charge in [0.15, 0.2) is 11.5 Å². The highest BCUT2D eigenvalue weighted by Crippen LogP contribution is 2.42. The Kier molecular flexibility index (Phi) is 3.33. The fourth-order valence-corrected chi connectivity index (χ4v) is 4.83. The first kappa shape index (κ1) is 14.6. The van der Waals surface area contributed by atoms with Gasteiger partial charge < -0.3 is 5.11 Å². The van der Waals surface area contributed by atoms with Gasteiger partial charge in [0.2, 0.25) is 0 Å². The fourth-order valence-electron chi connectivity index (χ4n) is 3.45. The first-order valence-electron chi connectivity index (χ1n) is 7.94. The van der Waals surface area contributed by atoms with E-state index in [9.17, 15) is 4.79 Å². The Balaban J connectivity index is 1.95. The molecule has 0 spiro atoms. The average Bonchev–Trinajstić information content (AvgIpc) is 3.06. The lowest BCUT2D eigenvalue weighted by atomic mass is 9.87. The number of carbonyl (C=O) groups is 1. The second-order valence-corrected chi connectivity index (χ2v) is 7.31. The highest BCUT2D eigenvalue weighted by molar-refractivity contribution is 7.19. The predicted octanol–water partition coefficient (Wildman–Crippen LogP) is 3.10. The maximum atomic E-state index is 10.8. The zero-order valence-corrected chi connectivity index (χ0v) is 14.0. The van der Waals surface area contributed by atoms with Crippen molar-refractivity contribution in [2.75, 3.05) is 0 Å². The van der Waals surface area contributed by atoms with E-state index in [0.717, 1.165) is 28.1 Å². The zero-order valence-electron chi connectivity index (χ0n) is 13.2. The quantitative estimate of drug-likeness (QED) is 0.798. The highest BCUT2D eigenvalue weighted by atomic mass is 32.1. The van der Waals surface area contributed by atoms with E-state index >= 15 is 0 Å². The van der Waals surface area contributed by atoms with Crippen molar-refractivity contribution in [3.8, 4) is 0 Å². The van der Waals surface area contributed by atoms with E-state index in [0.29, 0.717) is 18.2 Å². The summed E-state index contributed by atoms with van der Waals surface area (Å²) in [6.45, 7) is 4.19. The van der Waals surface area contributed by atoms with Crippen LogP contribution in [0.3, 0.4) is 0 Å². The lowest BCUT2D eigenvalue weighted by Crippen LogP contribution is -2.05. The predicted molar refractivity (Wildman–Crippen MR) is 88.2 cm³/mol. The van der Waals surface area contributed by atoms with Crippen molar-refractivity contribution in [1.82, 2.24) is 19.6 Å². The number of fused-ring (bicyclic) bond motifs is 5. The van der Waals surface area contributed by atoms with E-state index in [1.807, 2.05) is 6.92 Å². The zero-order chi connectivity index (χ0) is 16.1. The summed E-state index contributed by atoms with van der Waals surface area (Å²) in [5.41, 5.74) is 2.21. The third kappa shape index (κ3) is 2.30. The third-order valence-corrected chi connectivity index (χ3v) is 5.70. The summed E-state index contributed by atoms with van der Waals surface area (Å²) in [7, 11) is 0. The van der Waals surface area contributed by atoms with Crippen LogP contribution in [0.1, 0.15) is 54.2 Å². The number of carboxylic acids is 1. The monoisotopic (exact) mass is 330 g/mol. The van der Waals surface area contributed by atoms with Gasteiger partial charge in [0.05, 0.1) is 11.8 Å². The van der Waals surface area contributed by atoms with Crippen LogP contribution in [0.4, 0.5) is 0 Å². The van der Waals surface area contributed by atoms with Gasteiger partial charge in [0, 0.05) is 11.3 Å². The van der Waals surface area contributed by atoms with Gasteiger partial charge in [0.25, 0.3) is 0 Å². The number of aliphatic carboxylic acids is 1. The van der Waals surface area contributed by atoms with Crippen LogP contribution >= 0.6 is 11.3 Å². The molecular weight excluding hydrogens is 312 g/mol. The second-order valence-electron chi connectivity index (χ2n) is 6.23. The maximum Gasteiger partial charge on any atom is 0.303 e. The number of nitrogens with zero attached hydrogens (tertiary/aromatic N) is 4. The van der Waals surface area contributed by atoms with Gasteiger partial charge in [-0.1, -0.05) is 6.92 Å². The molecular formula is C16H18N4O2S. The number of hydrogen-bond acceptors (Lipinski definition) is 5. The van der Waals surface area contributed by atoms with E-state index in [1.165, 1.54) is 23.3 Å². The number of carboxylic acid groups (broad SMARTS) is 1. The van der Waals surface area contributed by atoms with Gasteiger partial charge in [-0.2, -0.15) is 4.52 Å². The normalized spacial score (nSPS) is 17.7. The first-order valence-corrected chi connectivity index (χ1v) is 8.75. The topological polar surface area (TPSA) is 80.4 Å². The standard InChI is InChI=1S/C16H18N4O2S/c1-8-4-3-5-10-13(8)14-15-18-11(6-7-12(21)22)19-20(15)9(2)17-16(14)23-10/h8H,3-7H2,1-2H3,(H,21,22)/t8-/m1/s1. The smallest absolute Gasteiger partial charge is 0.303 e. The molecule has 1 N–H and O–H groups in total. The molecule has 23 heavy (non-hydrogen) atoms. The third-order valence-electron chi connectivity index (χ3n) is 4.54. The van der Waals surface area contributed by atoms with Crippen LogP contribution in [-0.4, -0.2) is 30.7 Å². The Labute approximate surface area is 137 Å². The highest BCUT2D eigenvalue weighted by Gasteiger charge is 2.26. The molecule has 1 atom stereocenters. The molecule has 0 aliphatic heterocycles. The molecule has 0 saturated carbocycles. The van der Waals surface area contributed by atoms with Crippen LogP contribution in [0, 0.1) is 6.92 Å². The van der Waals surface area contributed by atoms with Crippen molar-refractivity contribution < 1.29 is 9.90 Å². The minimum absolute atomic E-state index is 0.0463. The fraction of sp³-hybridized carbons (Fsp3) is 0.500. The summed E-state index contributed by atoms with van der Waals surface area (Å²) >= 11 is 1.77. The largest absolute Gasteiger partial charge is 0.481 e. The van der Waals surface area contributed by atoms with E-state index < -0.39 is 5.97 Å². The Morgan fingerprint density at radius 1 is 1.43 bits per heavy atom. The number of hydrogen-bond donors (Lipinski definition) is 1. The van der Waals surface area contributed by atoms with E-state index in [2.05, 4.69) is 17.0 Å². The average molecular weight is 330 g/mol. The molecule has 0 fully saturated rings. The van der Waals surface area contributed by atoms with Crippen molar-refractivity contribution in [2.24, 2.45) is 0 Å². The Morgan fingerprint density at radius 3 is 3.04 bits per heavy atom. The number of thiophene rings is 1. The maximum absolute atomic E-state index is 10.8. The van der Waals surface area contributed by atoms with Crippen molar-refractivity contribution in [3.63, 3.8) is 0 Å².